The summed E-state index contributed by atoms with van der Waals surface area (Å²) in [6.07, 6.45) is 0.849. The molecule has 0 aliphatic rings. The lowest BCUT2D eigenvalue weighted by molar-refractivity contribution is 0.112. The number of hydrogen-bond acceptors (Lipinski definition) is 3. The minimum atomic E-state index is 0.544. The number of thiophene rings is 1. The molecule has 3 rings (SSSR count). The van der Waals surface area contributed by atoms with Crippen LogP contribution >= 0.6 is 11.3 Å². The molecule has 0 unspecified atom stereocenters. The summed E-state index contributed by atoms with van der Waals surface area (Å²) in [7, 11) is 0. The maximum atomic E-state index is 11.2. The van der Waals surface area contributed by atoms with Crippen molar-refractivity contribution in [3.05, 3.63) is 54.1 Å². The van der Waals surface area contributed by atoms with E-state index >= 15 is 0 Å². The summed E-state index contributed by atoms with van der Waals surface area (Å²) in [4.78, 5) is 12.3. The van der Waals surface area contributed by atoms with Crippen LogP contribution in [0.3, 0.4) is 0 Å². The summed E-state index contributed by atoms with van der Waals surface area (Å²) < 4.78 is 6.92. The predicted octanol–water partition coefficient (Wildman–Crippen LogP) is 4.78. The predicted molar refractivity (Wildman–Crippen MR) is 83.8 cm³/mol. The Labute approximate surface area is 121 Å². The molecule has 0 aliphatic carbocycles. The Bertz CT molecular complexity index is 726. The second-order valence-electron chi connectivity index (χ2n) is 4.42. The summed E-state index contributed by atoms with van der Waals surface area (Å²) in [6.45, 7) is 2.47. The Kier molecular flexibility index (Phi) is 3.52. The van der Waals surface area contributed by atoms with Crippen LogP contribution in [-0.4, -0.2) is 12.9 Å². The second-order valence-corrected chi connectivity index (χ2v) is 5.51. The van der Waals surface area contributed by atoms with Crippen molar-refractivity contribution in [2.45, 2.75) is 6.92 Å². The molecule has 20 heavy (non-hydrogen) atoms. The molecule has 100 valence electrons. The van der Waals surface area contributed by atoms with Crippen LogP contribution in [0.2, 0.25) is 0 Å². The van der Waals surface area contributed by atoms with Crippen molar-refractivity contribution in [2.24, 2.45) is 0 Å². The Morgan fingerprint density at radius 3 is 2.75 bits per heavy atom. The van der Waals surface area contributed by atoms with Crippen LogP contribution in [-0.2, 0) is 0 Å². The summed E-state index contributed by atoms with van der Waals surface area (Å²) in [5.74, 6) is 0.677. The van der Waals surface area contributed by atoms with Crippen LogP contribution in [0.4, 0.5) is 0 Å². The number of benzene rings is 2. The fraction of sp³-hybridized carbons (Fsp3) is 0.118. The highest BCUT2D eigenvalue weighted by Gasteiger charge is 2.13. The second kappa shape index (κ2) is 5.47. The quantitative estimate of drug-likeness (QED) is 0.644. The van der Waals surface area contributed by atoms with Gasteiger partial charge in [-0.25, -0.2) is 0 Å². The van der Waals surface area contributed by atoms with E-state index in [4.69, 9.17) is 4.74 Å². The molecule has 0 amide bonds. The third-order valence-corrected chi connectivity index (χ3v) is 4.30. The molecular formula is C17H14O2S. The number of ether oxygens (including phenoxy) is 1. The maximum Gasteiger partial charge on any atom is 0.153 e. The highest BCUT2D eigenvalue weighted by molar-refractivity contribution is 7.22. The van der Waals surface area contributed by atoms with Gasteiger partial charge in [0.25, 0.3) is 0 Å². The minimum Gasteiger partial charge on any atom is -0.492 e. The zero-order valence-corrected chi connectivity index (χ0v) is 11.9. The van der Waals surface area contributed by atoms with Crippen LogP contribution in [0.5, 0.6) is 5.75 Å². The zero-order chi connectivity index (χ0) is 13.9. The van der Waals surface area contributed by atoms with Crippen LogP contribution in [0.25, 0.3) is 20.5 Å². The SMILES string of the molecule is CCOc1c(C=O)cccc1-c1cc2ccccc2s1. The van der Waals surface area contributed by atoms with E-state index in [2.05, 4.69) is 18.2 Å². The third kappa shape index (κ3) is 2.21. The molecule has 0 saturated heterocycles. The van der Waals surface area contributed by atoms with Crippen molar-refractivity contribution >= 4 is 27.7 Å². The van der Waals surface area contributed by atoms with Crippen molar-refractivity contribution in [1.82, 2.24) is 0 Å². The average Bonchev–Trinajstić information content (AvgIpc) is 2.91. The molecule has 0 N–H and O–H groups in total. The van der Waals surface area contributed by atoms with Gasteiger partial charge in [-0.1, -0.05) is 24.3 Å². The van der Waals surface area contributed by atoms with E-state index < -0.39 is 0 Å². The fourth-order valence-electron chi connectivity index (χ4n) is 2.26. The topological polar surface area (TPSA) is 26.3 Å². The number of rotatable bonds is 4. The van der Waals surface area contributed by atoms with Crippen molar-refractivity contribution in [3.63, 3.8) is 0 Å². The number of hydrogen-bond donors (Lipinski definition) is 0. The maximum absolute atomic E-state index is 11.2. The van der Waals surface area contributed by atoms with Crippen LogP contribution in [0.15, 0.2) is 48.5 Å². The summed E-state index contributed by atoms with van der Waals surface area (Å²) in [5, 5.41) is 1.21. The van der Waals surface area contributed by atoms with Gasteiger partial charge in [-0.15, -0.1) is 11.3 Å². The molecule has 1 heterocycles. The van der Waals surface area contributed by atoms with Crippen molar-refractivity contribution in [1.29, 1.82) is 0 Å². The van der Waals surface area contributed by atoms with Gasteiger partial charge in [0.05, 0.1) is 12.2 Å². The van der Waals surface area contributed by atoms with E-state index in [1.165, 1.54) is 10.1 Å². The van der Waals surface area contributed by atoms with E-state index in [0.29, 0.717) is 17.9 Å². The van der Waals surface area contributed by atoms with Crippen molar-refractivity contribution in [3.8, 4) is 16.2 Å². The Morgan fingerprint density at radius 1 is 1.15 bits per heavy atom. The summed E-state index contributed by atoms with van der Waals surface area (Å²) in [5.41, 5.74) is 1.58. The molecule has 3 aromatic rings. The number of para-hydroxylation sites is 1. The molecule has 2 aromatic carbocycles. The first-order valence-corrected chi connectivity index (χ1v) is 7.35. The van der Waals surface area contributed by atoms with Gasteiger partial charge in [-0.05, 0) is 36.6 Å². The normalized spacial score (nSPS) is 10.7. The van der Waals surface area contributed by atoms with Crippen LogP contribution in [0.1, 0.15) is 17.3 Å². The summed E-state index contributed by atoms with van der Waals surface area (Å²) in [6, 6.07) is 16.1. The lowest BCUT2D eigenvalue weighted by Gasteiger charge is -2.10. The molecular weight excluding hydrogens is 268 g/mol. The molecule has 3 heteroatoms. The van der Waals surface area contributed by atoms with Gasteiger partial charge in [-0.3, -0.25) is 4.79 Å². The van der Waals surface area contributed by atoms with E-state index in [1.807, 2.05) is 31.2 Å². The van der Waals surface area contributed by atoms with Gasteiger partial charge >= 0.3 is 0 Å². The Balaban J connectivity index is 2.19. The van der Waals surface area contributed by atoms with Crippen LogP contribution in [0, 0.1) is 0 Å². The first kappa shape index (κ1) is 12.9. The minimum absolute atomic E-state index is 0.544. The third-order valence-electron chi connectivity index (χ3n) is 3.15. The largest absolute Gasteiger partial charge is 0.492 e. The number of carbonyl (C=O) groups excluding carboxylic acids is 1. The number of fused-ring (bicyclic) bond motifs is 1. The smallest absolute Gasteiger partial charge is 0.153 e. The van der Waals surface area contributed by atoms with Gasteiger partial charge in [-0.2, -0.15) is 0 Å². The summed E-state index contributed by atoms with van der Waals surface area (Å²) >= 11 is 1.71. The molecule has 0 bridgehead atoms. The zero-order valence-electron chi connectivity index (χ0n) is 11.1. The highest BCUT2D eigenvalue weighted by Crippen LogP contribution is 2.39. The molecule has 2 nitrogen and oxygen atoms in total. The van der Waals surface area contributed by atoms with E-state index in [-0.39, 0.29) is 0 Å². The van der Waals surface area contributed by atoms with Gasteiger partial charge in [0.2, 0.25) is 0 Å². The first-order valence-electron chi connectivity index (χ1n) is 6.53. The molecule has 0 aliphatic heterocycles. The Hall–Kier alpha value is -2.13. The van der Waals surface area contributed by atoms with Crippen LogP contribution < -0.4 is 4.74 Å². The van der Waals surface area contributed by atoms with E-state index in [0.717, 1.165) is 16.7 Å². The van der Waals surface area contributed by atoms with Gasteiger partial charge in [0.1, 0.15) is 5.75 Å². The Morgan fingerprint density at radius 2 is 2.00 bits per heavy atom. The average molecular weight is 282 g/mol. The lowest BCUT2D eigenvalue weighted by Crippen LogP contribution is -1.97. The monoisotopic (exact) mass is 282 g/mol. The van der Waals surface area contributed by atoms with Gasteiger partial charge in [0.15, 0.2) is 6.29 Å². The van der Waals surface area contributed by atoms with Crippen molar-refractivity contribution in [2.75, 3.05) is 6.61 Å². The number of carbonyl (C=O) groups is 1. The van der Waals surface area contributed by atoms with Gasteiger partial charge < -0.3 is 4.74 Å². The molecule has 0 saturated carbocycles. The standard InChI is InChI=1S/C17H14O2S/c1-2-19-17-13(11-18)7-5-8-14(17)16-10-12-6-3-4-9-15(12)20-16/h3-11H,2H2,1H3. The fourth-order valence-corrected chi connectivity index (χ4v) is 3.35. The molecule has 0 radical (unpaired) electrons. The highest BCUT2D eigenvalue weighted by atomic mass is 32.1. The first-order chi connectivity index (χ1) is 9.83. The van der Waals surface area contributed by atoms with E-state index in [1.54, 1.807) is 17.4 Å². The van der Waals surface area contributed by atoms with Crippen molar-refractivity contribution < 1.29 is 9.53 Å². The lowest BCUT2D eigenvalue weighted by atomic mass is 10.1. The molecule has 1 aromatic heterocycles. The molecule has 0 atom stereocenters. The van der Waals surface area contributed by atoms with E-state index in [9.17, 15) is 4.79 Å². The van der Waals surface area contributed by atoms with Gasteiger partial charge in [0, 0.05) is 15.1 Å². The molecule has 0 spiro atoms. The molecule has 0 fully saturated rings. The number of aldehydes is 1.